The molecule has 3 rings (SSSR count). The molecule has 0 spiro atoms. The maximum Gasteiger partial charge on any atom is 0.249 e. The van der Waals surface area contributed by atoms with Crippen LogP contribution in [-0.2, 0) is 16.0 Å². The Hall–Kier alpha value is -1.84. The summed E-state index contributed by atoms with van der Waals surface area (Å²) in [5.74, 6) is 0.254. The highest BCUT2D eigenvalue weighted by Gasteiger charge is 2.34. The molecule has 4 nitrogen and oxygen atoms in total. The van der Waals surface area contributed by atoms with Crippen molar-refractivity contribution in [3.05, 3.63) is 29.8 Å². The van der Waals surface area contributed by atoms with Crippen LogP contribution in [0.1, 0.15) is 51.5 Å². The van der Waals surface area contributed by atoms with Gasteiger partial charge in [-0.2, -0.15) is 0 Å². The number of fused-ring (bicyclic) bond motifs is 1. The summed E-state index contributed by atoms with van der Waals surface area (Å²) in [5, 5.41) is 3.06. The van der Waals surface area contributed by atoms with E-state index in [0.29, 0.717) is 6.54 Å². The molecule has 24 heavy (non-hydrogen) atoms. The van der Waals surface area contributed by atoms with E-state index >= 15 is 0 Å². The molecule has 0 saturated heterocycles. The van der Waals surface area contributed by atoms with E-state index in [1.54, 1.807) is 0 Å². The maximum absolute atomic E-state index is 13.1. The molecule has 2 amide bonds. The maximum atomic E-state index is 13.1. The molecule has 1 aromatic carbocycles. The fraction of sp³-hybridized carbons (Fsp3) is 0.600. The van der Waals surface area contributed by atoms with E-state index in [2.05, 4.69) is 11.4 Å². The fourth-order valence-corrected chi connectivity index (χ4v) is 3.88. The molecule has 1 aliphatic heterocycles. The van der Waals surface area contributed by atoms with Gasteiger partial charge in [-0.25, -0.2) is 0 Å². The van der Waals surface area contributed by atoms with Crippen LogP contribution in [0.3, 0.4) is 0 Å². The molecule has 1 aliphatic carbocycles. The van der Waals surface area contributed by atoms with Crippen LogP contribution in [0.25, 0.3) is 0 Å². The summed E-state index contributed by atoms with van der Waals surface area (Å²) in [6.07, 6.45) is 6.27. The molecule has 130 valence electrons. The molecule has 1 heterocycles. The van der Waals surface area contributed by atoms with Crippen molar-refractivity contribution in [3.8, 4) is 0 Å². The third kappa shape index (κ3) is 3.47. The van der Waals surface area contributed by atoms with Gasteiger partial charge < -0.3 is 10.2 Å². The lowest BCUT2D eigenvalue weighted by Gasteiger charge is -2.29. The highest BCUT2D eigenvalue weighted by Crippen LogP contribution is 2.29. The lowest BCUT2D eigenvalue weighted by molar-refractivity contribution is -0.131. The van der Waals surface area contributed by atoms with Gasteiger partial charge in [0.1, 0.15) is 6.04 Å². The van der Waals surface area contributed by atoms with Gasteiger partial charge in [-0.05, 0) is 36.8 Å². The SMILES string of the molecule is CC(C)[C@@H](NC(=O)C1CCCCC1)C(=O)N1CCc2ccccc21. The number of nitrogens with zero attached hydrogens (tertiary/aromatic N) is 1. The van der Waals surface area contributed by atoms with Crippen molar-refractivity contribution in [1.82, 2.24) is 5.32 Å². The molecule has 1 saturated carbocycles. The Kier molecular flexibility index (Phi) is 5.22. The monoisotopic (exact) mass is 328 g/mol. The Balaban J connectivity index is 1.71. The third-order valence-electron chi connectivity index (χ3n) is 5.36. The predicted molar refractivity (Wildman–Crippen MR) is 95.8 cm³/mol. The molecule has 0 unspecified atom stereocenters. The van der Waals surface area contributed by atoms with Crippen molar-refractivity contribution >= 4 is 17.5 Å². The lowest BCUT2D eigenvalue weighted by Crippen LogP contribution is -2.52. The van der Waals surface area contributed by atoms with E-state index in [9.17, 15) is 9.59 Å². The van der Waals surface area contributed by atoms with Crippen LogP contribution in [-0.4, -0.2) is 24.4 Å². The van der Waals surface area contributed by atoms with Crippen LogP contribution in [0.4, 0.5) is 5.69 Å². The standard InChI is InChI=1S/C20H28N2O2/c1-14(2)18(21-19(23)16-9-4-3-5-10-16)20(24)22-13-12-15-8-6-7-11-17(15)22/h6-8,11,14,16,18H,3-5,9-10,12-13H2,1-2H3,(H,21,23)/t18-/m1/s1. The second-order valence-electron chi connectivity index (χ2n) is 7.43. The second kappa shape index (κ2) is 7.37. The van der Waals surface area contributed by atoms with Crippen LogP contribution in [0, 0.1) is 11.8 Å². The molecule has 1 atom stereocenters. The Morgan fingerprint density at radius 2 is 1.83 bits per heavy atom. The van der Waals surface area contributed by atoms with Crippen molar-refractivity contribution in [3.63, 3.8) is 0 Å². The number of carbonyl (C=O) groups excluding carboxylic acids is 2. The van der Waals surface area contributed by atoms with Crippen LogP contribution in [0.5, 0.6) is 0 Å². The van der Waals surface area contributed by atoms with E-state index in [1.807, 2.05) is 36.9 Å². The number of hydrogen-bond donors (Lipinski definition) is 1. The van der Waals surface area contributed by atoms with Gasteiger partial charge in [0, 0.05) is 18.2 Å². The predicted octanol–water partition coefficient (Wildman–Crippen LogP) is 3.30. The molecule has 0 aromatic heterocycles. The first-order chi connectivity index (χ1) is 11.6. The Morgan fingerprint density at radius 3 is 2.54 bits per heavy atom. The summed E-state index contributed by atoms with van der Waals surface area (Å²) >= 11 is 0. The van der Waals surface area contributed by atoms with Gasteiger partial charge in [0.25, 0.3) is 0 Å². The normalized spacial score (nSPS) is 19.2. The fourth-order valence-electron chi connectivity index (χ4n) is 3.88. The average molecular weight is 328 g/mol. The van der Waals surface area contributed by atoms with E-state index in [-0.39, 0.29) is 23.7 Å². The summed E-state index contributed by atoms with van der Waals surface area (Å²) in [4.78, 5) is 27.5. The number of amides is 2. The molecule has 2 aliphatic rings. The summed E-state index contributed by atoms with van der Waals surface area (Å²) in [6, 6.07) is 7.62. The molecular weight excluding hydrogens is 300 g/mol. The van der Waals surface area contributed by atoms with Gasteiger partial charge in [0.2, 0.25) is 11.8 Å². The first-order valence-corrected chi connectivity index (χ1v) is 9.27. The number of carbonyl (C=O) groups is 2. The Labute approximate surface area is 144 Å². The quantitative estimate of drug-likeness (QED) is 0.922. The van der Waals surface area contributed by atoms with Crippen molar-refractivity contribution < 1.29 is 9.59 Å². The summed E-state index contributed by atoms with van der Waals surface area (Å²) in [6.45, 7) is 4.72. The van der Waals surface area contributed by atoms with E-state index in [0.717, 1.165) is 37.8 Å². The molecule has 1 N–H and O–H groups in total. The van der Waals surface area contributed by atoms with Crippen molar-refractivity contribution in [1.29, 1.82) is 0 Å². The number of hydrogen-bond acceptors (Lipinski definition) is 2. The van der Waals surface area contributed by atoms with Crippen LogP contribution < -0.4 is 10.2 Å². The molecule has 4 heteroatoms. The number of anilines is 1. The van der Waals surface area contributed by atoms with E-state index in [1.165, 1.54) is 12.0 Å². The van der Waals surface area contributed by atoms with Crippen molar-refractivity contribution in [2.75, 3.05) is 11.4 Å². The van der Waals surface area contributed by atoms with Crippen molar-refractivity contribution in [2.24, 2.45) is 11.8 Å². The molecule has 1 fully saturated rings. The minimum Gasteiger partial charge on any atom is -0.344 e. The van der Waals surface area contributed by atoms with Gasteiger partial charge in [0.05, 0.1) is 0 Å². The number of para-hydroxylation sites is 1. The molecule has 1 aromatic rings. The zero-order valence-electron chi connectivity index (χ0n) is 14.8. The zero-order valence-corrected chi connectivity index (χ0v) is 14.8. The van der Waals surface area contributed by atoms with Gasteiger partial charge >= 0.3 is 0 Å². The minimum absolute atomic E-state index is 0.0270. The molecule has 0 bridgehead atoms. The topological polar surface area (TPSA) is 49.4 Å². The highest BCUT2D eigenvalue weighted by atomic mass is 16.2. The van der Waals surface area contributed by atoms with Crippen LogP contribution in [0.2, 0.25) is 0 Å². The lowest BCUT2D eigenvalue weighted by atomic mass is 9.88. The second-order valence-corrected chi connectivity index (χ2v) is 7.43. The summed E-state index contributed by atoms with van der Waals surface area (Å²) in [7, 11) is 0. The highest BCUT2D eigenvalue weighted by molar-refractivity contribution is 6.01. The minimum atomic E-state index is -0.439. The summed E-state index contributed by atoms with van der Waals surface area (Å²) in [5.41, 5.74) is 2.21. The molecule has 0 radical (unpaired) electrons. The number of nitrogens with one attached hydrogen (secondary N) is 1. The average Bonchev–Trinajstić information content (AvgIpc) is 3.03. The van der Waals surface area contributed by atoms with Gasteiger partial charge in [-0.3, -0.25) is 9.59 Å². The van der Waals surface area contributed by atoms with E-state index in [4.69, 9.17) is 0 Å². The smallest absolute Gasteiger partial charge is 0.249 e. The largest absolute Gasteiger partial charge is 0.344 e. The number of rotatable bonds is 4. The number of benzene rings is 1. The van der Waals surface area contributed by atoms with Gasteiger partial charge in [-0.1, -0.05) is 51.3 Å². The van der Waals surface area contributed by atoms with E-state index < -0.39 is 6.04 Å². The Morgan fingerprint density at radius 1 is 1.12 bits per heavy atom. The first kappa shape index (κ1) is 17.0. The zero-order chi connectivity index (χ0) is 17.1. The van der Waals surface area contributed by atoms with Crippen LogP contribution >= 0.6 is 0 Å². The summed E-state index contributed by atoms with van der Waals surface area (Å²) < 4.78 is 0. The van der Waals surface area contributed by atoms with Crippen LogP contribution in [0.15, 0.2) is 24.3 Å². The van der Waals surface area contributed by atoms with Gasteiger partial charge in [0.15, 0.2) is 0 Å². The third-order valence-corrected chi connectivity index (χ3v) is 5.36. The van der Waals surface area contributed by atoms with Crippen molar-refractivity contribution in [2.45, 2.75) is 58.4 Å². The molecular formula is C20H28N2O2. The first-order valence-electron chi connectivity index (χ1n) is 9.27. The Bertz CT molecular complexity index is 605. The van der Waals surface area contributed by atoms with Gasteiger partial charge in [-0.15, -0.1) is 0 Å².